The van der Waals surface area contributed by atoms with Gasteiger partial charge in [-0.2, -0.15) is 4.31 Å². The second kappa shape index (κ2) is 6.07. The van der Waals surface area contributed by atoms with E-state index in [1.807, 2.05) is 7.05 Å². The van der Waals surface area contributed by atoms with Crippen molar-refractivity contribution in [3.05, 3.63) is 18.3 Å². The van der Waals surface area contributed by atoms with Gasteiger partial charge in [0.05, 0.1) is 5.69 Å². The number of piperidine rings is 1. The van der Waals surface area contributed by atoms with Crippen LogP contribution >= 0.6 is 0 Å². The summed E-state index contributed by atoms with van der Waals surface area (Å²) in [6, 6.07) is 3.45. The topological polar surface area (TPSA) is 65.5 Å². The lowest BCUT2D eigenvalue weighted by Crippen LogP contribution is -2.47. The number of hydrogen-bond acceptors (Lipinski definition) is 5. The minimum Gasteiger partial charge on any atom is -0.386 e. The van der Waals surface area contributed by atoms with Crippen LogP contribution < -0.4 is 5.32 Å². The molecule has 7 heteroatoms. The molecule has 1 unspecified atom stereocenters. The van der Waals surface area contributed by atoms with Gasteiger partial charge in [-0.1, -0.05) is 0 Å². The van der Waals surface area contributed by atoms with E-state index in [0.29, 0.717) is 5.69 Å². The Hall–Kier alpha value is -1.18. The zero-order valence-corrected chi connectivity index (χ0v) is 13.0. The highest BCUT2D eigenvalue weighted by Crippen LogP contribution is 2.24. The first-order valence-electron chi connectivity index (χ1n) is 6.76. The standard InChI is InChI=1S/C13H22N4O2S/c1-14-12-7-4-8-15-13(12)20(18,19)17(3)11-6-5-9-16(2)10-11/h4,7-8,11,14H,5-6,9-10H2,1-3H3. The fourth-order valence-corrected chi connectivity index (χ4v) is 4.03. The summed E-state index contributed by atoms with van der Waals surface area (Å²) >= 11 is 0. The van der Waals surface area contributed by atoms with Crippen molar-refractivity contribution in [3.63, 3.8) is 0 Å². The molecular formula is C13H22N4O2S. The molecule has 0 bridgehead atoms. The summed E-state index contributed by atoms with van der Waals surface area (Å²) in [7, 11) is 1.79. The van der Waals surface area contributed by atoms with Crippen LogP contribution in [0.1, 0.15) is 12.8 Å². The Kier molecular flexibility index (Phi) is 4.62. The van der Waals surface area contributed by atoms with Gasteiger partial charge in [-0.25, -0.2) is 13.4 Å². The van der Waals surface area contributed by atoms with E-state index in [2.05, 4.69) is 15.2 Å². The SMILES string of the molecule is CNc1cccnc1S(=O)(=O)N(C)C1CCCN(C)C1. The molecule has 0 spiro atoms. The zero-order chi connectivity index (χ0) is 14.8. The average molecular weight is 298 g/mol. The molecule has 1 aliphatic heterocycles. The van der Waals surface area contributed by atoms with Crippen molar-refractivity contribution in [1.82, 2.24) is 14.2 Å². The molecule has 0 aliphatic carbocycles. The lowest BCUT2D eigenvalue weighted by molar-refractivity contribution is 0.187. The Morgan fingerprint density at radius 1 is 1.50 bits per heavy atom. The van der Waals surface area contributed by atoms with Crippen molar-refractivity contribution in [2.45, 2.75) is 23.9 Å². The number of sulfonamides is 1. The molecule has 1 N–H and O–H groups in total. The maximum Gasteiger partial charge on any atom is 0.262 e. The van der Waals surface area contributed by atoms with Crippen molar-refractivity contribution in [1.29, 1.82) is 0 Å². The first-order valence-corrected chi connectivity index (χ1v) is 8.20. The van der Waals surface area contributed by atoms with Gasteiger partial charge < -0.3 is 10.2 Å². The Bertz CT molecular complexity index is 561. The lowest BCUT2D eigenvalue weighted by Gasteiger charge is -2.35. The molecule has 2 rings (SSSR count). The number of likely N-dealkylation sites (tertiary alicyclic amines) is 1. The van der Waals surface area contributed by atoms with Crippen LogP contribution in [-0.2, 0) is 10.0 Å². The van der Waals surface area contributed by atoms with Gasteiger partial charge in [0.25, 0.3) is 10.0 Å². The molecule has 0 amide bonds. The van der Waals surface area contributed by atoms with Crippen LogP contribution in [-0.4, -0.2) is 62.9 Å². The number of likely N-dealkylation sites (N-methyl/N-ethyl adjacent to an activating group) is 2. The molecule has 112 valence electrons. The quantitative estimate of drug-likeness (QED) is 0.892. The highest BCUT2D eigenvalue weighted by molar-refractivity contribution is 7.89. The smallest absolute Gasteiger partial charge is 0.262 e. The molecule has 1 aromatic heterocycles. The van der Waals surface area contributed by atoms with E-state index in [-0.39, 0.29) is 11.1 Å². The number of aromatic nitrogens is 1. The van der Waals surface area contributed by atoms with E-state index < -0.39 is 10.0 Å². The third kappa shape index (κ3) is 2.94. The molecule has 0 aromatic carbocycles. The molecule has 1 atom stereocenters. The van der Waals surface area contributed by atoms with E-state index in [1.165, 1.54) is 10.5 Å². The van der Waals surface area contributed by atoms with Gasteiger partial charge >= 0.3 is 0 Å². The summed E-state index contributed by atoms with van der Waals surface area (Å²) < 4.78 is 26.9. The van der Waals surface area contributed by atoms with Crippen LogP contribution in [0.25, 0.3) is 0 Å². The Labute approximate surface area is 120 Å². The molecular weight excluding hydrogens is 276 g/mol. The van der Waals surface area contributed by atoms with Crippen LogP contribution in [0.15, 0.2) is 23.4 Å². The normalized spacial score (nSPS) is 21.1. The van der Waals surface area contributed by atoms with Crippen molar-refractivity contribution < 1.29 is 8.42 Å². The second-order valence-electron chi connectivity index (χ2n) is 5.19. The van der Waals surface area contributed by atoms with E-state index in [9.17, 15) is 8.42 Å². The Morgan fingerprint density at radius 3 is 2.90 bits per heavy atom. The third-order valence-corrected chi connectivity index (χ3v) is 5.65. The molecule has 1 saturated heterocycles. The second-order valence-corrected chi connectivity index (χ2v) is 7.10. The minimum absolute atomic E-state index is 0.00506. The molecule has 1 aromatic rings. The van der Waals surface area contributed by atoms with Crippen LogP contribution in [0.5, 0.6) is 0 Å². The monoisotopic (exact) mass is 298 g/mol. The number of nitrogens with zero attached hydrogens (tertiary/aromatic N) is 3. The van der Waals surface area contributed by atoms with Gasteiger partial charge in [0.2, 0.25) is 0 Å². The number of hydrogen-bond donors (Lipinski definition) is 1. The molecule has 2 heterocycles. The predicted octanol–water partition coefficient (Wildman–Crippen LogP) is 0.838. The van der Waals surface area contributed by atoms with Gasteiger partial charge in [0, 0.05) is 32.9 Å². The fraction of sp³-hybridized carbons (Fsp3) is 0.615. The number of anilines is 1. The van der Waals surface area contributed by atoms with Crippen LogP contribution in [0.3, 0.4) is 0 Å². The Morgan fingerprint density at radius 2 is 2.25 bits per heavy atom. The van der Waals surface area contributed by atoms with Crippen molar-refractivity contribution in [2.24, 2.45) is 0 Å². The first-order chi connectivity index (χ1) is 9.46. The van der Waals surface area contributed by atoms with Crippen molar-refractivity contribution in [2.75, 3.05) is 39.5 Å². The lowest BCUT2D eigenvalue weighted by atomic mass is 10.1. The van der Waals surface area contributed by atoms with E-state index in [1.54, 1.807) is 26.2 Å². The highest BCUT2D eigenvalue weighted by atomic mass is 32.2. The van der Waals surface area contributed by atoms with Crippen LogP contribution in [0.4, 0.5) is 5.69 Å². The number of nitrogens with one attached hydrogen (secondary N) is 1. The summed E-state index contributed by atoms with van der Waals surface area (Å²) in [6.07, 6.45) is 3.42. The first kappa shape index (κ1) is 15.2. The largest absolute Gasteiger partial charge is 0.386 e. The summed E-state index contributed by atoms with van der Waals surface area (Å²) in [6.45, 7) is 1.78. The molecule has 0 radical (unpaired) electrons. The zero-order valence-electron chi connectivity index (χ0n) is 12.2. The molecule has 6 nitrogen and oxygen atoms in total. The van der Waals surface area contributed by atoms with Gasteiger partial charge in [0.1, 0.15) is 0 Å². The van der Waals surface area contributed by atoms with E-state index in [0.717, 1.165) is 25.9 Å². The number of pyridine rings is 1. The fourth-order valence-electron chi connectivity index (χ4n) is 2.56. The van der Waals surface area contributed by atoms with Crippen molar-refractivity contribution >= 4 is 15.7 Å². The summed E-state index contributed by atoms with van der Waals surface area (Å²) in [5, 5.41) is 2.99. The van der Waals surface area contributed by atoms with Crippen LogP contribution in [0.2, 0.25) is 0 Å². The highest BCUT2D eigenvalue weighted by Gasteiger charge is 2.32. The molecule has 1 fully saturated rings. The third-order valence-electron chi connectivity index (χ3n) is 3.78. The minimum atomic E-state index is -3.57. The average Bonchev–Trinajstić information content (AvgIpc) is 2.46. The van der Waals surface area contributed by atoms with Crippen molar-refractivity contribution in [3.8, 4) is 0 Å². The van der Waals surface area contributed by atoms with Gasteiger partial charge in [-0.3, -0.25) is 0 Å². The molecule has 20 heavy (non-hydrogen) atoms. The summed E-state index contributed by atoms with van der Waals surface area (Å²) in [4.78, 5) is 6.21. The van der Waals surface area contributed by atoms with Crippen LogP contribution in [0, 0.1) is 0 Å². The molecule has 0 saturated carbocycles. The van der Waals surface area contributed by atoms with Gasteiger partial charge in [0.15, 0.2) is 5.03 Å². The maximum atomic E-state index is 12.7. The molecule has 1 aliphatic rings. The van der Waals surface area contributed by atoms with E-state index in [4.69, 9.17) is 0 Å². The summed E-state index contributed by atoms with van der Waals surface area (Å²) in [5.74, 6) is 0. The van der Waals surface area contributed by atoms with Gasteiger partial charge in [-0.15, -0.1) is 0 Å². The number of rotatable bonds is 4. The van der Waals surface area contributed by atoms with E-state index >= 15 is 0 Å². The summed E-state index contributed by atoms with van der Waals surface area (Å²) in [5.41, 5.74) is 0.531. The maximum absolute atomic E-state index is 12.7. The van der Waals surface area contributed by atoms with Gasteiger partial charge in [-0.05, 0) is 38.6 Å². The predicted molar refractivity (Wildman–Crippen MR) is 79.3 cm³/mol. The Balaban J connectivity index is 2.29.